The number of hydrogen-bond acceptors (Lipinski definition) is 3. The van der Waals surface area contributed by atoms with Gasteiger partial charge in [0.25, 0.3) is 5.56 Å². The fourth-order valence-corrected chi connectivity index (χ4v) is 3.12. The average molecular weight is 369 g/mol. The summed E-state index contributed by atoms with van der Waals surface area (Å²) in [6, 6.07) is 26.3. The standard InChI is InChI=1S/C23H19N3O2/c1-26-22(27)19-15-9-8-14-18(19)20(23(26)28)21(24-16-10-4-2-5-11-16)25-17-12-6-3-7-13-17/h2-15,27H,1H3,(H,24,25). The Morgan fingerprint density at radius 1 is 0.857 bits per heavy atom. The SMILES string of the molecule is Cn1c(O)c2ccccc2c(C(=Nc2ccccc2)Nc2ccccc2)c1=O. The van der Waals surface area contributed by atoms with Crippen molar-refractivity contribution in [2.75, 3.05) is 5.32 Å². The zero-order chi connectivity index (χ0) is 19.5. The fraction of sp³-hybridized carbons (Fsp3) is 0.0435. The molecule has 0 atom stereocenters. The van der Waals surface area contributed by atoms with E-state index in [1.165, 1.54) is 4.57 Å². The molecule has 4 aromatic rings. The van der Waals surface area contributed by atoms with E-state index < -0.39 is 0 Å². The van der Waals surface area contributed by atoms with Crippen LogP contribution in [0.3, 0.4) is 0 Å². The smallest absolute Gasteiger partial charge is 0.264 e. The minimum atomic E-state index is -0.325. The number of rotatable bonds is 3. The van der Waals surface area contributed by atoms with Gasteiger partial charge in [-0.05, 0) is 30.3 Å². The van der Waals surface area contributed by atoms with Crippen LogP contribution in [0.25, 0.3) is 10.8 Å². The van der Waals surface area contributed by atoms with Gasteiger partial charge in [0, 0.05) is 23.5 Å². The van der Waals surface area contributed by atoms with Crippen LogP contribution in [0.5, 0.6) is 5.88 Å². The molecule has 0 fully saturated rings. The molecule has 138 valence electrons. The van der Waals surface area contributed by atoms with Crippen LogP contribution in [0.1, 0.15) is 5.56 Å². The van der Waals surface area contributed by atoms with Crippen LogP contribution in [-0.2, 0) is 7.05 Å². The summed E-state index contributed by atoms with van der Waals surface area (Å²) in [5, 5.41) is 14.9. The van der Waals surface area contributed by atoms with E-state index in [0.29, 0.717) is 22.2 Å². The number of fused-ring (bicyclic) bond motifs is 1. The highest BCUT2D eigenvalue weighted by molar-refractivity contribution is 6.16. The molecular formula is C23H19N3O2. The van der Waals surface area contributed by atoms with Crippen molar-refractivity contribution in [3.63, 3.8) is 0 Å². The predicted molar refractivity (Wildman–Crippen MR) is 114 cm³/mol. The second-order valence-electron chi connectivity index (χ2n) is 6.40. The van der Waals surface area contributed by atoms with Crippen molar-refractivity contribution in [3.8, 4) is 5.88 Å². The van der Waals surface area contributed by atoms with Crippen molar-refractivity contribution >= 4 is 28.0 Å². The first-order chi connectivity index (χ1) is 13.6. The Morgan fingerprint density at radius 2 is 1.43 bits per heavy atom. The molecule has 0 radical (unpaired) electrons. The highest BCUT2D eigenvalue weighted by Crippen LogP contribution is 2.26. The van der Waals surface area contributed by atoms with E-state index in [1.807, 2.05) is 78.9 Å². The molecule has 2 N–H and O–H groups in total. The van der Waals surface area contributed by atoms with Crippen molar-refractivity contribution in [1.82, 2.24) is 4.57 Å². The number of benzene rings is 3. The van der Waals surface area contributed by atoms with Crippen LogP contribution in [0.2, 0.25) is 0 Å². The Labute approximate surface area is 162 Å². The summed E-state index contributed by atoms with van der Waals surface area (Å²) in [5.41, 5.74) is 1.62. The Bertz CT molecular complexity index is 1210. The average Bonchev–Trinajstić information content (AvgIpc) is 2.74. The molecule has 1 heterocycles. The maximum Gasteiger partial charge on any atom is 0.264 e. The fourth-order valence-electron chi connectivity index (χ4n) is 3.12. The monoisotopic (exact) mass is 369 g/mol. The van der Waals surface area contributed by atoms with Gasteiger partial charge in [0.1, 0.15) is 5.84 Å². The van der Waals surface area contributed by atoms with Crippen LogP contribution in [-0.4, -0.2) is 15.5 Å². The summed E-state index contributed by atoms with van der Waals surface area (Å²) < 4.78 is 1.24. The number of aromatic hydroxyl groups is 1. The predicted octanol–water partition coefficient (Wildman–Crippen LogP) is 4.43. The lowest BCUT2D eigenvalue weighted by molar-refractivity contribution is 0.430. The highest BCUT2D eigenvalue weighted by atomic mass is 16.3. The molecule has 4 rings (SSSR count). The lowest BCUT2D eigenvalue weighted by atomic mass is 10.1. The molecule has 5 nitrogen and oxygen atoms in total. The Hall–Kier alpha value is -3.86. The molecular weight excluding hydrogens is 350 g/mol. The van der Waals surface area contributed by atoms with Crippen LogP contribution >= 0.6 is 0 Å². The number of hydrogen-bond donors (Lipinski definition) is 2. The van der Waals surface area contributed by atoms with Gasteiger partial charge >= 0.3 is 0 Å². The summed E-state index contributed by atoms with van der Waals surface area (Å²) >= 11 is 0. The van der Waals surface area contributed by atoms with Crippen LogP contribution in [0.4, 0.5) is 11.4 Å². The summed E-state index contributed by atoms with van der Waals surface area (Å²) in [6.45, 7) is 0. The molecule has 0 saturated heterocycles. The topological polar surface area (TPSA) is 66.6 Å². The minimum Gasteiger partial charge on any atom is -0.494 e. The van der Waals surface area contributed by atoms with Crippen molar-refractivity contribution in [2.24, 2.45) is 12.0 Å². The first-order valence-corrected chi connectivity index (χ1v) is 8.92. The molecule has 5 heteroatoms. The van der Waals surface area contributed by atoms with Gasteiger partial charge in [0.15, 0.2) is 0 Å². The van der Waals surface area contributed by atoms with Gasteiger partial charge in [0.2, 0.25) is 5.88 Å². The van der Waals surface area contributed by atoms with Crippen LogP contribution in [0, 0.1) is 0 Å². The zero-order valence-corrected chi connectivity index (χ0v) is 15.3. The number of nitrogens with zero attached hydrogens (tertiary/aromatic N) is 2. The maximum absolute atomic E-state index is 13.1. The van der Waals surface area contributed by atoms with Gasteiger partial charge < -0.3 is 10.4 Å². The first kappa shape index (κ1) is 17.5. The molecule has 0 aliphatic rings. The van der Waals surface area contributed by atoms with Gasteiger partial charge in [-0.25, -0.2) is 4.99 Å². The molecule has 0 aliphatic carbocycles. The van der Waals surface area contributed by atoms with Gasteiger partial charge in [-0.15, -0.1) is 0 Å². The number of nitrogens with one attached hydrogen (secondary N) is 1. The van der Waals surface area contributed by atoms with E-state index in [4.69, 9.17) is 4.99 Å². The quantitative estimate of drug-likeness (QED) is 0.415. The lowest BCUT2D eigenvalue weighted by Crippen LogP contribution is -2.28. The zero-order valence-electron chi connectivity index (χ0n) is 15.3. The second-order valence-corrected chi connectivity index (χ2v) is 6.40. The van der Waals surface area contributed by atoms with Crippen molar-refractivity contribution in [1.29, 1.82) is 0 Å². The summed E-state index contributed by atoms with van der Waals surface area (Å²) in [7, 11) is 1.55. The molecule has 0 amide bonds. The van der Waals surface area contributed by atoms with E-state index in [9.17, 15) is 9.90 Å². The minimum absolute atomic E-state index is 0.0666. The third-order valence-electron chi connectivity index (χ3n) is 4.54. The van der Waals surface area contributed by atoms with Gasteiger partial charge in [-0.1, -0.05) is 54.6 Å². The number of aliphatic imine (C=N–C) groups is 1. The number of anilines is 1. The van der Waals surface area contributed by atoms with E-state index in [2.05, 4.69) is 5.32 Å². The summed E-state index contributed by atoms with van der Waals surface area (Å²) in [5.74, 6) is 0.359. The van der Waals surface area contributed by atoms with Crippen molar-refractivity contribution in [3.05, 3.63) is 101 Å². The van der Waals surface area contributed by atoms with Crippen LogP contribution < -0.4 is 10.9 Å². The molecule has 0 spiro atoms. The molecule has 3 aromatic carbocycles. The van der Waals surface area contributed by atoms with Crippen molar-refractivity contribution < 1.29 is 5.11 Å². The Morgan fingerprint density at radius 3 is 2.11 bits per heavy atom. The molecule has 0 bridgehead atoms. The largest absolute Gasteiger partial charge is 0.494 e. The maximum atomic E-state index is 13.1. The van der Waals surface area contributed by atoms with Gasteiger partial charge in [-0.3, -0.25) is 9.36 Å². The summed E-state index contributed by atoms with van der Waals surface area (Å²) in [4.78, 5) is 17.8. The number of aromatic nitrogens is 1. The van der Waals surface area contributed by atoms with Crippen LogP contribution in [0.15, 0.2) is 94.7 Å². The van der Waals surface area contributed by atoms with E-state index in [0.717, 1.165) is 11.4 Å². The third-order valence-corrected chi connectivity index (χ3v) is 4.54. The highest BCUT2D eigenvalue weighted by Gasteiger charge is 2.18. The molecule has 0 saturated carbocycles. The number of amidine groups is 1. The Kier molecular flexibility index (Phi) is 4.64. The number of para-hydroxylation sites is 2. The lowest BCUT2D eigenvalue weighted by Gasteiger charge is -2.15. The normalized spacial score (nSPS) is 11.5. The molecule has 1 aromatic heterocycles. The molecule has 28 heavy (non-hydrogen) atoms. The second kappa shape index (κ2) is 7.40. The van der Waals surface area contributed by atoms with E-state index in [-0.39, 0.29) is 11.4 Å². The Balaban J connectivity index is 2.00. The first-order valence-electron chi connectivity index (χ1n) is 8.92. The number of pyridine rings is 1. The van der Waals surface area contributed by atoms with Crippen molar-refractivity contribution in [2.45, 2.75) is 0 Å². The third kappa shape index (κ3) is 3.25. The molecule has 0 aliphatic heterocycles. The van der Waals surface area contributed by atoms with E-state index in [1.54, 1.807) is 13.1 Å². The molecule has 0 unspecified atom stereocenters. The van der Waals surface area contributed by atoms with Gasteiger partial charge in [-0.2, -0.15) is 0 Å². The van der Waals surface area contributed by atoms with Gasteiger partial charge in [0.05, 0.1) is 11.3 Å². The summed E-state index contributed by atoms with van der Waals surface area (Å²) in [6.07, 6.45) is 0. The van der Waals surface area contributed by atoms with E-state index >= 15 is 0 Å².